The lowest BCUT2D eigenvalue weighted by Crippen LogP contribution is -2.47. The molecule has 0 aromatic rings. The van der Waals surface area contributed by atoms with Crippen molar-refractivity contribution in [1.82, 2.24) is 15.1 Å². The summed E-state index contributed by atoms with van der Waals surface area (Å²) in [7, 11) is 2.20. The van der Waals surface area contributed by atoms with E-state index in [1.807, 2.05) is 0 Å². The zero-order valence-electron chi connectivity index (χ0n) is 13.4. The highest BCUT2D eigenvalue weighted by atomic mass is 16.2. The molecule has 2 aliphatic heterocycles. The van der Waals surface area contributed by atoms with Crippen molar-refractivity contribution in [2.45, 2.75) is 45.6 Å². The van der Waals surface area contributed by atoms with Crippen LogP contribution in [0.3, 0.4) is 0 Å². The first-order chi connectivity index (χ1) is 9.58. The summed E-state index contributed by atoms with van der Waals surface area (Å²) in [5.41, 5.74) is 0. The standard InChI is InChI=1S/C16H31N3O/c1-13(2)18(3)12-14-6-9-19(10-7-14)16(20)15-5-4-8-17-11-15/h13-15,17H,4-12H2,1-3H3/t15-/m0/s1. The molecular formula is C16H31N3O. The lowest BCUT2D eigenvalue weighted by Gasteiger charge is -2.37. The minimum absolute atomic E-state index is 0.235. The maximum absolute atomic E-state index is 12.5. The highest BCUT2D eigenvalue weighted by Crippen LogP contribution is 2.22. The summed E-state index contributed by atoms with van der Waals surface area (Å²) in [6.45, 7) is 9.55. The van der Waals surface area contributed by atoms with Crippen molar-refractivity contribution in [2.75, 3.05) is 39.8 Å². The number of nitrogens with zero attached hydrogens (tertiary/aromatic N) is 2. The van der Waals surface area contributed by atoms with Gasteiger partial charge in [0.2, 0.25) is 5.91 Å². The number of amides is 1. The first kappa shape index (κ1) is 15.8. The molecule has 0 unspecified atom stereocenters. The topological polar surface area (TPSA) is 35.6 Å². The Hall–Kier alpha value is -0.610. The molecular weight excluding hydrogens is 250 g/mol. The Labute approximate surface area is 123 Å². The Morgan fingerprint density at radius 3 is 2.55 bits per heavy atom. The Bertz CT molecular complexity index is 305. The number of carbonyl (C=O) groups excluding carboxylic acids is 1. The van der Waals surface area contributed by atoms with E-state index in [4.69, 9.17) is 0 Å². The Morgan fingerprint density at radius 2 is 2.00 bits per heavy atom. The molecule has 0 saturated carbocycles. The number of hydrogen-bond donors (Lipinski definition) is 1. The molecule has 1 amide bonds. The van der Waals surface area contributed by atoms with E-state index in [0.717, 1.165) is 44.9 Å². The van der Waals surface area contributed by atoms with Crippen LogP contribution in [0.4, 0.5) is 0 Å². The zero-order valence-corrected chi connectivity index (χ0v) is 13.4. The molecule has 2 saturated heterocycles. The van der Waals surface area contributed by atoms with Crippen molar-refractivity contribution in [3.05, 3.63) is 0 Å². The van der Waals surface area contributed by atoms with Gasteiger partial charge >= 0.3 is 0 Å². The lowest BCUT2D eigenvalue weighted by molar-refractivity contribution is -0.137. The molecule has 2 fully saturated rings. The molecule has 4 heteroatoms. The van der Waals surface area contributed by atoms with Gasteiger partial charge in [0.1, 0.15) is 0 Å². The average molecular weight is 281 g/mol. The molecule has 116 valence electrons. The zero-order chi connectivity index (χ0) is 14.5. The van der Waals surface area contributed by atoms with Gasteiger partial charge in [-0.2, -0.15) is 0 Å². The van der Waals surface area contributed by atoms with E-state index < -0.39 is 0 Å². The second kappa shape index (κ2) is 7.41. The van der Waals surface area contributed by atoms with Crippen molar-refractivity contribution < 1.29 is 4.79 Å². The predicted octanol–water partition coefficient (Wildman–Crippen LogP) is 1.56. The van der Waals surface area contributed by atoms with Gasteiger partial charge in [-0.25, -0.2) is 0 Å². The normalized spacial score (nSPS) is 25.4. The van der Waals surface area contributed by atoms with E-state index in [1.54, 1.807) is 0 Å². The molecule has 0 aromatic heterocycles. The van der Waals surface area contributed by atoms with Gasteiger partial charge in [0, 0.05) is 32.2 Å². The Balaban J connectivity index is 1.74. The highest BCUT2D eigenvalue weighted by Gasteiger charge is 2.29. The summed E-state index contributed by atoms with van der Waals surface area (Å²) < 4.78 is 0. The van der Waals surface area contributed by atoms with Crippen LogP contribution in [0.1, 0.15) is 39.5 Å². The molecule has 0 aliphatic carbocycles. The summed E-state index contributed by atoms with van der Waals surface area (Å²) in [4.78, 5) is 17.0. The SMILES string of the molecule is CC(C)N(C)CC1CCN(C(=O)[C@H]2CCCNC2)CC1. The number of hydrogen-bond acceptors (Lipinski definition) is 3. The molecule has 0 aromatic carbocycles. The first-order valence-electron chi connectivity index (χ1n) is 8.27. The van der Waals surface area contributed by atoms with E-state index in [-0.39, 0.29) is 5.92 Å². The molecule has 2 aliphatic rings. The second-order valence-corrected chi connectivity index (χ2v) is 6.85. The van der Waals surface area contributed by atoms with Crippen LogP contribution in [0.2, 0.25) is 0 Å². The third kappa shape index (κ3) is 4.19. The number of rotatable bonds is 4. The minimum atomic E-state index is 0.235. The minimum Gasteiger partial charge on any atom is -0.342 e. The number of piperidine rings is 2. The summed E-state index contributed by atoms with van der Waals surface area (Å²) in [5, 5.41) is 3.35. The van der Waals surface area contributed by atoms with Gasteiger partial charge in [-0.15, -0.1) is 0 Å². The van der Waals surface area contributed by atoms with E-state index in [2.05, 4.69) is 36.0 Å². The van der Waals surface area contributed by atoms with Gasteiger partial charge in [-0.1, -0.05) is 0 Å². The van der Waals surface area contributed by atoms with Crippen molar-refractivity contribution >= 4 is 5.91 Å². The van der Waals surface area contributed by atoms with E-state index in [9.17, 15) is 4.79 Å². The predicted molar refractivity (Wildman–Crippen MR) is 82.7 cm³/mol. The molecule has 0 spiro atoms. The molecule has 2 heterocycles. The maximum atomic E-state index is 12.5. The fourth-order valence-electron chi connectivity index (χ4n) is 3.27. The Morgan fingerprint density at radius 1 is 1.30 bits per heavy atom. The fraction of sp³-hybridized carbons (Fsp3) is 0.938. The quantitative estimate of drug-likeness (QED) is 0.849. The highest BCUT2D eigenvalue weighted by molar-refractivity contribution is 5.79. The van der Waals surface area contributed by atoms with Crippen LogP contribution in [-0.4, -0.2) is 61.5 Å². The number of carbonyl (C=O) groups is 1. The van der Waals surface area contributed by atoms with Crippen molar-refractivity contribution in [2.24, 2.45) is 11.8 Å². The summed E-state index contributed by atoms with van der Waals surface area (Å²) in [6, 6.07) is 0.614. The van der Waals surface area contributed by atoms with E-state index >= 15 is 0 Å². The molecule has 4 nitrogen and oxygen atoms in total. The van der Waals surface area contributed by atoms with Crippen LogP contribution >= 0.6 is 0 Å². The third-order valence-electron chi connectivity index (χ3n) is 5.00. The smallest absolute Gasteiger partial charge is 0.226 e. The van der Waals surface area contributed by atoms with Crippen LogP contribution < -0.4 is 5.32 Å². The van der Waals surface area contributed by atoms with Crippen molar-refractivity contribution in [1.29, 1.82) is 0 Å². The maximum Gasteiger partial charge on any atom is 0.226 e. The average Bonchev–Trinajstić information content (AvgIpc) is 2.48. The third-order valence-corrected chi connectivity index (χ3v) is 5.00. The summed E-state index contributed by atoms with van der Waals surface area (Å²) in [5.74, 6) is 1.39. The molecule has 2 rings (SSSR count). The van der Waals surface area contributed by atoms with E-state index in [1.165, 1.54) is 19.4 Å². The van der Waals surface area contributed by atoms with Crippen LogP contribution in [0.25, 0.3) is 0 Å². The second-order valence-electron chi connectivity index (χ2n) is 6.85. The molecule has 20 heavy (non-hydrogen) atoms. The van der Waals surface area contributed by atoms with Crippen molar-refractivity contribution in [3.63, 3.8) is 0 Å². The van der Waals surface area contributed by atoms with Gasteiger partial charge in [0.25, 0.3) is 0 Å². The summed E-state index contributed by atoms with van der Waals surface area (Å²) >= 11 is 0. The van der Waals surface area contributed by atoms with Crippen LogP contribution in [0, 0.1) is 11.8 Å². The van der Waals surface area contributed by atoms with Crippen molar-refractivity contribution in [3.8, 4) is 0 Å². The van der Waals surface area contributed by atoms with Gasteiger partial charge in [-0.3, -0.25) is 4.79 Å². The number of likely N-dealkylation sites (tertiary alicyclic amines) is 1. The monoisotopic (exact) mass is 281 g/mol. The van der Waals surface area contributed by atoms with Gasteiger partial charge < -0.3 is 15.1 Å². The fourth-order valence-corrected chi connectivity index (χ4v) is 3.27. The summed E-state index contributed by atoms with van der Waals surface area (Å²) in [6.07, 6.45) is 4.56. The Kier molecular flexibility index (Phi) is 5.85. The van der Waals surface area contributed by atoms with Crippen LogP contribution in [-0.2, 0) is 4.79 Å². The van der Waals surface area contributed by atoms with Gasteiger partial charge in [0.05, 0.1) is 5.92 Å². The lowest BCUT2D eigenvalue weighted by atomic mass is 9.93. The largest absolute Gasteiger partial charge is 0.342 e. The van der Waals surface area contributed by atoms with Crippen LogP contribution in [0.15, 0.2) is 0 Å². The van der Waals surface area contributed by atoms with Gasteiger partial charge in [-0.05, 0) is 59.0 Å². The molecule has 1 atom stereocenters. The van der Waals surface area contributed by atoms with Crippen LogP contribution in [0.5, 0.6) is 0 Å². The molecule has 0 bridgehead atoms. The number of nitrogens with one attached hydrogen (secondary N) is 1. The van der Waals surface area contributed by atoms with E-state index in [0.29, 0.717) is 11.9 Å². The first-order valence-corrected chi connectivity index (χ1v) is 8.27. The molecule has 1 N–H and O–H groups in total. The van der Waals surface area contributed by atoms with Gasteiger partial charge in [0.15, 0.2) is 0 Å². The molecule has 0 radical (unpaired) electrons.